The lowest BCUT2D eigenvalue weighted by molar-refractivity contribution is -0.133. The van der Waals surface area contributed by atoms with Crippen LogP contribution in [-0.2, 0) is 17.8 Å². The molecule has 0 fully saturated rings. The van der Waals surface area contributed by atoms with E-state index in [4.69, 9.17) is 9.61 Å². The number of likely N-dealkylation sites (N-methyl/N-ethyl adjacent to an activating group) is 1. The predicted molar refractivity (Wildman–Crippen MR) is 93.9 cm³/mol. The Morgan fingerprint density at radius 1 is 1.32 bits per heavy atom. The van der Waals surface area contributed by atoms with Crippen molar-refractivity contribution in [2.24, 2.45) is 0 Å². The summed E-state index contributed by atoms with van der Waals surface area (Å²) in [6, 6.07) is 7.59. The summed E-state index contributed by atoms with van der Waals surface area (Å²) in [5, 5.41) is 7.62. The average Bonchev–Trinajstić information content (AvgIpc) is 3.17. The molecule has 0 bridgehead atoms. The smallest absolute Gasteiger partial charge is 0.245 e. The SMILES string of the molecule is CCCc1nc2ccccc2n1[C@H](C)C(=O)N(C)Cc1nonc1C. The second-order valence-electron chi connectivity index (χ2n) is 6.30. The molecule has 3 rings (SSSR count). The van der Waals surface area contributed by atoms with Crippen LogP contribution >= 0.6 is 0 Å². The number of carbonyl (C=O) groups excluding carboxylic acids is 1. The summed E-state index contributed by atoms with van der Waals surface area (Å²) in [6.07, 6.45) is 1.81. The highest BCUT2D eigenvalue weighted by molar-refractivity contribution is 5.84. The van der Waals surface area contributed by atoms with Gasteiger partial charge in [-0.3, -0.25) is 4.79 Å². The van der Waals surface area contributed by atoms with Crippen LogP contribution < -0.4 is 0 Å². The van der Waals surface area contributed by atoms with Crippen molar-refractivity contribution in [1.82, 2.24) is 24.8 Å². The van der Waals surface area contributed by atoms with Gasteiger partial charge in [0.2, 0.25) is 5.91 Å². The quantitative estimate of drug-likeness (QED) is 0.689. The largest absolute Gasteiger partial charge is 0.338 e. The van der Waals surface area contributed by atoms with E-state index in [9.17, 15) is 4.79 Å². The molecule has 3 aromatic rings. The van der Waals surface area contributed by atoms with Gasteiger partial charge in [0.25, 0.3) is 0 Å². The Bertz CT molecular complexity index is 883. The third kappa shape index (κ3) is 3.26. The molecule has 0 aliphatic heterocycles. The fourth-order valence-electron chi connectivity index (χ4n) is 3.05. The van der Waals surface area contributed by atoms with E-state index >= 15 is 0 Å². The summed E-state index contributed by atoms with van der Waals surface area (Å²) in [4.78, 5) is 19.3. The zero-order valence-corrected chi connectivity index (χ0v) is 15.1. The molecule has 0 spiro atoms. The zero-order chi connectivity index (χ0) is 18.0. The summed E-state index contributed by atoms with van der Waals surface area (Å²) >= 11 is 0. The molecule has 1 aromatic carbocycles. The van der Waals surface area contributed by atoms with Gasteiger partial charge in [-0.25, -0.2) is 9.61 Å². The maximum absolute atomic E-state index is 13.0. The predicted octanol–water partition coefficient (Wildman–Crippen LogP) is 2.90. The Balaban J connectivity index is 1.90. The van der Waals surface area contributed by atoms with E-state index < -0.39 is 0 Å². The Kier molecular flexibility index (Phi) is 4.83. The van der Waals surface area contributed by atoms with Crippen molar-refractivity contribution in [1.29, 1.82) is 0 Å². The second kappa shape index (κ2) is 7.04. The van der Waals surface area contributed by atoms with Gasteiger partial charge in [0, 0.05) is 13.5 Å². The maximum Gasteiger partial charge on any atom is 0.245 e. The van der Waals surface area contributed by atoms with E-state index in [0.717, 1.165) is 29.7 Å². The third-order valence-corrected chi connectivity index (χ3v) is 4.40. The number of rotatable bonds is 6. The van der Waals surface area contributed by atoms with E-state index in [2.05, 4.69) is 17.2 Å². The molecule has 2 heterocycles. The number of hydrogen-bond donors (Lipinski definition) is 0. The summed E-state index contributed by atoms with van der Waals surface area (Å²) in [7, 11) is 1.77. The molecule has 1 atom stereocenters. The van der Waals surface area contributed by atoms with Crippen LogP contribution in [0.2, 0.25) is 0 Å². The average molecular weight is 341 g/mol. The number of nitrogens with zero attached hydrogens (tertiary/aromatic N) is 5. The van der Waals surface area contributed by atoms with E-state index in [-0.39, 0.29) is 11.9 Å². The highest BCUT2D eigenvalue weighted by atomic mass is 16.6. The molecule has 0 aliphatic carbocycles. The van der Waals surface area contributed by atoms with Crippen LogP contribution in [0.3, 0.4) is 0 Å². The monoisotopic (exact) mass is 341 g/mol. The zero-order valence-electron chi connectivity index (χ0n) is 15.1. The molecule has 1 amide bonds. The fourth-order valence-corrected chi connectivity index (χ4v) is 3.05. The Labute approximate surface area is 146 Å². The molecule has 7 nitrogen and oxygen atoms in total. The van der Waals surface area contributed by atoms with Gasteiger partial charge < -0.3 is 9.47 Å². The normalized spacial score (nSPS) is 12.5. The number of imidazole rings is 1. The van der Waals surface area contributed by atoms with E-state index in [0.29, 0.717) is 17.9 Å². The molecule has 0 saturated carbocycles. The number of benzene rings is 1. The van der Waals surface area contributed by atoms with E-state index in [1.54, 1.807) is 11.9 Å². The van der Waals surface area contributed by atoms with Crippen LogP contribution in [0.25, 0.3) is 11.0 Å². The van der Waals surface area contributed by atoms with Crippen LogP contribution in [0.4, 0.5) is 0 Å². The molecule has 0 unspecified atom stereocenters. The van der Waals surface area contributed by atoms with Gasteiger partial charge in [0.1, 0.15) is 23.3 Å². The Morgan fingerprint density at radius 2 is 2.08 bits per heavy atom. The summed E-state index contributed by atoms with van der Waals surface area (Å²) in [5.41, 5.74) is 3.28. The number of fused-ring (bicyclic) bond motifs is 1. The minimum absolute atomic E-state index is 0.00269. The van der Waals surface area contributed by atoms with Gasteiger partial charge in [-0.2, -0.15) is 0 Å². The van der Waals surface area contributed by atoms with Crippen molar-refractivity contribution < 1.29 is 9.42 Å². The molecule has 0 saturated heterocycles. The molecular weight excluding hydrogens is 318 g/mol. The number of aromatic nitrogens is 4. The molecule has 0 radical (unpaired) electrons. The van der Waals surface area contributed by atoms with Gasteiger partial charge in [-0.15, -0.1) is 0 Å². The van der Waals surface area contributed by atoms with Crippen molar-refractivity contribution in [3.8, 4) is 0 Å². The minimum Gasteiger partial charge on any atom is -0.338 e. The Hall–Kier alpha value is -2.70. The molecule has 25 heavy (non-hydrogen) atoms. The number of para-hydroxylation sites is 2. The van der Waals surface area contributed by atoms with Crippen molar-refractivity contribution in [2.75, 3.05) is 7.05 Å². The molecule has 7 heteroatoms. The van der Waals surface area contributed by atoms with Crippen LogP contribution in [0.1, 0.15) is 43.5 Å². The van der Waals surface area contributed by atoms with Gasteiger partial charge >= 0.3 is 0 Å². The van der Waals surface area contributed by atoms with E-state index in [1.807, 2.05) is 42.7 Å². The fraction of sp³-hybridized carbons (Fsp3) is 0.444. The first-order valence-electron chi connectivity index (χ1n) is 8.51. The molecule has 132 valence electrons. The van der Waals surface area contributed by atoms with Gasteiger partial charge in [-0.05, 0) is 32.4 Å². The van der Waals surface area contributed by atoms with Gasteiger partial charge in [-0.1, -0.05) is 29.4 Å². The number of amides is 1. The van der Waals surface area contributed by atoms with Crippen molar-refractivity contribution >= 4 is 16.9 Å². The van der Waals surface area contributed by atoms with Crippen molar-refractivity contribution in [3.63, 3.8) is 0 Å². The molecule has 0 aliphatic rings. The highest BCUT2D eigenvalue weighted by Gasteiger charge is 2.24. The lowest BCUT2D eigenvalue weighted by Gasteiger charge is -2.23. The minimum atomic E-state index is -0.348. The van der Waals surface area contributed by atoms with E-state index in [1.165, 1.54) is 0 Å². The topological polar surface area (TPSA) is 77.0 Å². The summed E-state index contributed by atoms with van der Waals surface area (Å²) in [5.74, 6) is 0.945. The van der Waals surface area contributed by atoms with Crippen molar-refractivity contribution in [3.05, 3.63) is 41.5 Å². The number of carbonyl (C=O) groups is 1. The first-order valence-corrected chi connectivity index (χ1v) is 8.51. The number of hydrogen-bond acceptors (Lipinski definition) is 5. The molecule has 2 aromatic heterocycles. The Morgan fingerprint density at radius 3 is 2.76 bits per heavy atom. The van der Waals surface area contributed by atoms with Crippen LogP contribution in [-0.4, -0.2) is 37.7 Å². The lowest BCUT2D eigenvalue weighted by atomic mass is 10.2. The summed E-state index contributed by atoms with van der Waals surface area (Å²) in [6.45, 7) is 6.22. The number of aryl methyl sites for hydroxylation is 2. The maximum atomic E-state index is 13.0. The van der Waals surface area contributed by atoms with Crippen LogP contribution in [0.5, 0.6) is 0 Å². The summed E-state index contributed by atoms with van der Waals surface area (Å²) < 4.78 is 6.76. The second-order valence-corrected chi connectivity index (χ2v) is 6.30. The third-order valence-electron chi connectivity index (χ3n) is 4.40. The first kappa shape index (κ1) is 17.1. The van der Waals surface area contributed by atoms with Crippen molar-refractivity contribution in [2.45, 2.75) is 46.2 Å². The standard InChI is InChI=1S/C18H23N5O2/c1-5-8-17-19-14-9-6-7-10-16(14)23(17)13(3)18(24)22(4)11-15-12(2)20-25-21-15/h6-7,9-10,13H,5,8,11H2,1-4H3/t13-/m1/s1. The molecule has 0 N–H and O–H groups in total. The molecular formula is C18H23N5O2. The lowest BCUT2D eigenvalue weighted by Crippen LogP contribution is -2.33. The first-order chi connectivity index (χ1) is 12.0. The van der Waals surface area contributed by atoms with Crippen LogP contribution in [0, 0.1) is 6.92 Å². The van der Waals surface area contributed by atoms with Gasteiger partial charge in [0.15, 0.2) is 0 Å². The highest BCUT2D eigenvalue weighted by Crippen LogP contribution is 2.23. The van der Waals surface area contributed by atoms with Crippen LogP contribution in [0.15, 0.2) is 28.9 Å². The van der Waals surface area contributed by atoms with Gasteiger partial charge in [0.05, 0.1) is 17.6 Å².